The van der Waals surface area contributed by atoms with Gasteiger partial charge in [-0.2, -0.15) is 0 Å². The summed E-state index contributed by atoms with van der Waals surface area (Å²) in [6.45, 7) is 0. The summed E-state index contributed by atoms with van der Waals surface area (Å²) in [6, 6.07) is 3.77. The van der Waals surface area contributed by atoms with Gasteiger partial charge in [-0.05, 0) is 18.2 Å². The van der Waals surface area contributed by atoms with Crippen molar-refractivity contribution in [2.45, 2.75) is 0 Å². The maximum atomic E-state index is 11.1. The molecule has 0 bridgehead atoms. The second-order valence-corrected chi connectivity index (χ2v) is 3.88. The van der Waals surface area contributed by atoms with Gasteiger partial charge in [0, 0.05) is 0 Å². The average molecular weight is 232 g/mol. The highest BCUT2D eigenvalue weighted by Gasteiger charge is 2.21. The van der Waals surface area contributed by atoms with E-state index in [1.807, 2.05) is 0 Å². The van der Waals surface area contributed by atoms with Crippen molar-refractivity contribution in [1.29, 1.82) is 0 Å². The van der Waals surface area contributed by atoms with Crippen molar-refractivity contribution in [2.75, 3.05) is 11.5 Å². The van der Waals surface area contributed by atoms with Crippen molar-refractivity contribution in [3.8, 4) is 0 Å². The quantitative estimate of drug-likeness (QED) is 0.419. The van der Waals surface area contributed by atoms with Gasteiger partial charge in [-0.1, -0.05) is 0 Å². The van der Waals surface area contributed by atoms with Crippen LogP contribution in [0.25, 0.3) is 0 Å². The first-order chi connectivity index (χ1) is 6.79. The molecule has 1 aromatic carbocycles. The monoisotopic (exact) mass is 232 g/mol. The second-order valence-electron chi connectivity index (χ2n) is 2.71. The summed E-state index contributed by atoms with van der Waals surface area (Å²) < 4.78 is 14.2. The lowest BCUT2D eigenvalue weighted by Gasteiger charge is -2.06. The molecule has 8 heteroatoms. The minimum atomic E-state index is -4.84. The van der Waals surface area contributed by atoms with E-state index in [0.29, 0.717) is 0 Å². The first kappa shape index (κ1) is 11.5. The molecule has 82 valence electrons. The van der Waals surface area contributed by atoms with Crippen molar-refractivity contribution in [2.24, 2.45) is 0 Å². The number of carbonyl (C=O) groups is 1. The van der Waals surface area contributed by atoms with Crippen LogP contribution in [0.1, 0.15) is 10.4 Å². The topological polar surface area (TPSA) is 136 Å². The first-order valence-corrected chi connectivity index (χ1v) is 5.27. The molecule has 0 unspecified atom stereocenters. The van der Waals surface area contributed by atoms with Crippen LogP contribution in [0.3, 0.4) is 0 Å². The molecular weight excluding hydrogens is 223 g/mol. The van der Waals surface area contributed by atoms with Crippen molar-refractivity contribution < 1.29 is 23.7 Å². The van der Waals surface area contributed by atoms with E-state index in [1.54, 1.807) is 0 Å². The zero-order valence-corrected chi connectivity index (χ0v) is 8.35. The van der Waals surface area contributed by atoms with Crippen LogP contribution in [0.5, 0.6) is 0 Å². The third-order valence-corrected chi connectivity index (χ3v) is 1.93. The maximum absolute atomic E-state index is 11.1. The summed E-state index contributed by atoms with van der Waals surface area (Å²) in [6.07, 6.45) is 0. The fourth-order valence-corrected chi connectivity index (χ4v) is 1.18. The molecule has 1 aromatic rings. The fourth-order valence-electron chi connectivity index (χ4n) is 0.862. The molecule has 0 aromatic heterocycles. The molecule has 6 N–H and O–H groups in total. The van der Waals surface area contributed by atoms with Crippen LogP contribution in [0, 0.1) is 0 Å². The summed E-state index contributed by atoms with van der Waals surface area (Å²) in [7, 11) is -4.84. The molecule has 0 atom stereocenters. The third-order valence-electron chi connectivity index (χ3n) is 1.52. The number of nitrogen functional groups attached to an aromatic ring is 2. The molecule has 15 heavy (non-hydrogen) atoms. The van der Waals surface area contributed by atoms with E-state index >= 15 is 0 Å². The number of phosphoric ester groups is 1. The predicted octanol–water partition coefficient (Wildman–Crippen LogP) is 0.101. The minimum absolute atomic E-state index is 0.0787. The summed E-state index contributed by atoms with van der Waals surface area (Å²) in [4.78, 5) is 27.9. The Morgan fingerprint density at radius 3 is 2.33 bits per heavy atom. The van der Waals surface area contributed by atoms with Gasteiger partial charge in [0.05, 0.1) is 16.9 Å². The van der Waals surface area contributed by atoms with E-state index in [2.05, 4.69) is 4.52 Å². The van der Waals surface area contributed by atoms with Gasteiger partial charge < -0.3 is 16.0 Å². The zero-order chi connectivity index (χ0) is 11.6. The summed E-state index contributed by atoms with van der Waals surface area (Å²) in [5.74, 6) is -1.16. The molecule has 0 saturated carbocycles. The highest BCUT2D eigenvalue weighted by molar-refractivity contribution is 7.46. The van der Waals surface area contributed by atoms with Gasteiger partial charge in [-0.25, -0.2) is 9.36 Å². The highest BCUT2D eigenvalue weighted by atomic mass is 31.2. The van der Waals surface area contributed by atoms with Gasteiger partial charge in [0.25, 0.3) is 0 Å². The molecule has 0 aliphatic heterocycles. The molecule has 0 saturated heterocycles. The van der Waals surface area contributed by atoms with Crippen LogP contribution in [0.2, 0.25) is 0 Å². The highest BCUT2D eigenvalue weighted by Crippen LogP contribution is 2.37. The Kier molecular flexibility index (Phi) is 2.99. The van der Waals surface area contributed by atoms with Crippen LogP contribution in [0.15, 0.2) is 18.2 Å². The van der Waals surface area contributed by atoms with Crippen LogP contribution in [-0.4, -0.2) is 15.8 Å². The van der Waals surface area contributed by atoms with Crippen LogP contribution < -0.4 is 11.5 Å². The van der Waals surface area contributed by atoms with Gasteiger partial charge in [-0.3, -0.25) is 9.79 Å². The Morgan fingerprint density at radius 1 is 1.27 bits per heavy atom. The number of nitrogens with two attached hydrogens (primary N) is 2. The van der Waals surface area contributed by atoms with Crippen LogP contribution >= 0.6 is 7.82 Å². The first-order valence-electron chi connectivity index (χ1n) is 3.74. The smallest absolute Gasteiger partial charge is 0.397 e. The van der Waals surface area contributed by atoms with E-state index in [4.69, 9.17) is 21.3 Å². The van der Waals surface area contributed by atoms with E-state index in [1.165, 1.54) is 18.2 Å². The SMILES string of the molecule is Nc1ccc(C(=O)OP(=O)(O)O)cc1N. The number of phosphoric acid groups is 1. The molecule has 0 radical (unpaired) electrons. The van der Waals surface area contributed by atoms with E-state index in [9.17, 15) is 9.36 Å². The van der Waals surface area contributed by atoms with Gasteiger partial charge in [0.1, 0.15) is 0 Å². The maximum Gasteiger partial charge on any atom is 0.527 e. The number of anilines is 2. The molecule has 0 aliphatic carbocycles. The number of hydrogen-bond acceptors (Lipinski definition) is 5. The summed E-state index contributed by atoms with van der Waals surface area (Å²) >= 11 is 0. The molecule has 0 aliphatic rings. The number of benzene rings is 1. The van der Waals surface area contributed by atoms with Gasteiger partial charge in [-0.15, -0.1) is 0 Å². The Balaban J connectivity index is 2.93. The predicted molar refractivity (Wildman–Crippen MR) is 52.7 cm³/mol. The van der Waals surface area contributed by atoms with Crippen LogP contribution in [0.4, 0.5) is 11.4 Å². The van der Waals surface area contributed by atoms with Crippen molar-refractivity contribution in [3.63, 3.8) is 0 Å². The lowest BCUT2D eigenvalue weighted by Crippen LogP contribution is -2.05. The van der Waals surface area contributed by atoms with Gasteiger partial charge >= 0.3 is 13.8 Å². The molecule has 0 heterocycles. The zero-order valence-electron chi connectivity index (χ0n) is 7.45. The van der Waals surface area contributed by atoms with E-state index in [-0.39, 0.29) is 16.9 Å². The molecule has 0 fully saturated rings. The van der Waals surface area contributed by atoms with Crippen molar-refractivity contribution in [1.82, 2.24) is 0 Å². The average Bonchev–Trinajstić information content (AvgIpc) is 2.06. The van der Waals surface area contributed by atoms with Crippen LogP contribution in [-0.2, 0) is 9.09 Å². The summed E-state index contributed by atoms with van der Waals surface area (Å²) in [5.41, 5.74) is 11.1. The molecule has 1 rings (SSSR count). The Bertz CT molecular complexity index is 441. The fraction of sp³-hybridized carbons (Fsp3) is 0. The Hall–Kier alpha value is -1.56. The van der Waals surface area contributed by atoms with Gasteiger partial charge in [0.2, 0.25) is 0 Å². The molecule has 0 spiro atoms. The third kappa shape index (κ3) is 3.25. The van der Waals surface area contributed by atoms with Crippen molar-refractivity contribution >= 4 is 25.2 Å². The van der Waals surface area contributed by atoms with Crippen molar-refractivity contribution in [3.05, 3.63) is 23.8 Å². The lowest BCUT2D eigenvalue weighted by molar-refractivity contribution is 0.0678. The Morgan fingerprint density at radius 2 is 1.87 bits per heavy atom. The molecule has 0 amide bonds. The molecule has 7 nitrogen and oxygen atoms in total. The van der Waals surface area contributed by atoms with Gasteiger partial charge in [0.15, 0.2) is 0 Å². The van der Waals surface area contributed by atoms with E-state index in [0.717, 1.165) is 0 Å². The largest absolute Gasteiger partial charge is 0.527 e. The number of hydrogen-bond donors (Lipinski definition) is 4. The number of carbonyl (C=O) groups excluding carboxylic acids is 1. The number of rotatable bonds is 2. The summed E-state index contributed by atoms with van der Waals surface area (Å²) in [5, 5.41) is 0. The minimum Gasteiger partial charge on any atom is -0.397 e. The second kappa shape index (κ2) is 3.90. The standard InChI is InChI=1S/C7H9N2O5P/c8-5-2-1-4(3-6(5)9)7(10)14-15(11,12)13/h1-3H,8-9H2,(H2,11,12,13). The molecular formula is C7H9N2O5P. The Labute approximate surface area is 84.9 Å². The lowest BCUT2D eigenvalue weighted by atomic mass is 10.2. The van der Waals surface area contributed by atoms with E-state index < -0.39 is 13.8 Å². The normalized spacial score (nSPS) is 11.1.